The molecule has 1 aromatic carbocycles. The van der Waals surface area contributed by atoms with E-state index in [0.717, 1.165) is 62.5 Å². The zero-order valence-corrected chi connectivity index (χ0v) is 37.4. The summed E-state index contributed by atoms with van der Waals surface area (Å²) < 4.78 is 12.0. The van der Waals surface area contributed by atoms with E-state index in [1.807, 2.05) is 45.0 Å². The summed E-state index contributed by atoms with van der Waals surface area (Å²) in [5, 5.41) is 16.4. The summed E-state index contributed by atoms with van der Waals surface area (Å²) in [5.74, 6) is 0.776. The van der Waals surface area contributed by atoms with E-state index < -0.39 is 22.5 Å². The van der Waals surface area contributed by atoms with E-state index in [1.54, 1.807) is 13.8 Å². The summed E-state index contributed by atoms with van der Waals surface area (Å²) in [4.78, 5) is 40.6. The summed E-state index contributed by atoms with van der Waals surface area (Å²) in [6, 6.07) is 7.81. The van der Waals surface area contributed by atoms with Crippen molar-refractivity contribution in [3.8, 4) is 0 Å². The number of aliphatic hydroxyl groups is 1. The zero-order chi connectivity index (χ0) is 41.4. The van der Waals surface area contributed by atoms with Crippen LogP contribution in [0, 0.1) is 56.2 Å². The van der Waals surface area contributed by atoms with Crippen LogP contribution in [0.2, 0.25) is 5.02 Å². The molecule has 5 aliphatic carbocycles. The molecule has 8 heteroatoms. The Balaban J connectivity index is 1.22. The fourth-order valence-electron chi connectivity index (χ4n) is 13.5. The largest absolute Gasteiger partial charge is 0.462 e. The van der Waals surface area contributed by atoms with Crippen LogP contribution < -0.4 is 5.32 Å². The van der Waals surface area contributed by atoms with Crippen molar-refractivity contribution in [2.24, 2.45) is 56.2 Å². The second kappa shape index (κ2) is 14.8. The maximum absolute atomic E-state index is 14.1. The molecule has 0 saturated heterocycles. The second-order valence-corrected chi connectivity index (χ2v) is 22.5. The van der Waals surface area contributed by atoms with Crippen molar-refractivity contribution in [1.82, 2.24) is 5.32 Å². The number of ketones is 1. The van der Waals surface area contributed by atoms with Crippen molar-refractivity contribution in [3.63, 3.8) is 0 Å². The molecule has 0 amide bonds. The van der Waals surface area contributed by atoms with Crippen molar-refractivity contribution >= 4 is 29.3 Å². The Hall–Kier alpha value is -2.22. The van der Waals surface area contributed by atoms with Crippen LogP contribution in [0.25, 0.3) is 0 Å². The fourth-order valence-corrected chi connectivity index (χ4v) is 13.6. The predicted octanol–water partition coefficient (Wildman–Crippen LogP) is 10.4. The molecule has 5 aliphatic rings. The number of esters is 2. The number of rotatable bonds is 10. The number of aliphatic hydroxyl groups excluding tert-OH is 1. The van der Waals surface area contributed by atoms with Gasteiger partial charge in [0.15, 0.2) is 5.78 Å². The average Bonchev–Trinajstić information content (AvgIpc) is 3.39. The molecule has 0 heterocycles. The highest BCUT2D eigenvalue weighted by Gasteiger charge is 2.70. The zero-order valence-electron chi connectivity index (χ0n) is 36.6. The molecule has 6 rings (SSSR count). The number of halogens is 1. The first-order valence-corrected chi connectivity index (χ1v) is 22.0. The summed E-state index contributed by atoms with van der Waals surface area (Å²) in [7, 11) is 0. The first-order valence-electron chi connectivity index (χ1n) is 21.7. The van der Waals surface area contributed by atoms with Crippen LogP contribution in [0.1, 0.15) is 153 Å². The van der Waals surface area contributed by atoms with Gasteiger partial charge in [0.2, 0.25) is 0 Å². The second-order valence-electron chi connectivity index (χ2n) is 22.0. The van der Waals surface area contributed by atoms with Gasteiger partial charge in [-0.15, -0.1) is 0 Å². The van der Waals surface area contributed by atoms with E-state index in [4.69, 9.17) is 21.1 Å². The molecule has 56 heavy (non-hydrogen) atoms. The topological polar surface area (TPSA) is 102 Å². The van der Waals surface area contributed by atoms with Crippen molar-refractivity contribution < 1.29 is 29.0 Å². The highest BCUT2D eigenvalue weighted by molar-refractivity contribution is 6.30. The number of allylic oxidation sites excluding steroid dienone is 1. The van der Waals surface area contributed by atoms with E-state index >= 15 is 0 Å². The molecule has 0 spiro atoms. The van der Waals surface area contributed by atoms with E-state index in [1.165, 1.54) is 5.57 Å². The summed E-state index contributed by atoms with van der Waals surface area (Å²) in [5.41, 5.74) is 1.17. The van der Waals surface area contributed by atoms with E-state index in [0.29, 0.717) is 36.4 Å². The number of hydrogen-bond donors (Lipinski definition) is 2. The molecule has 7 nitrogen and oxygen atoms in total. The van der Waals surface area contributed by atoms with Crippen molar-refractivity contribution in [1.29, 1.82) is 0 Å². The number of Topliss-reactive ketones (excluding diaryl/α,β-unsaturated/α-hetero) is 1. The Morgan fingerprint density at radius 2 is 1.55 bits per heavy atom. The number of benzene rings is 1. The highest BCUT2D eigenvalue weighted by Crippen LogP contribution is 2.77. The van der Waals surface area contributed by atoms with Gasteiger partial charge in [-0.2, -0.15) is 0 Å². The third kappa shape index (κ3) is 7.24. The number of carbonyl (C=O) groups is 3. The first-order chi connectivity index (χ1) is 25.8. The molecule has 2 unspecified atom stereocenters. The van der Waals surface area contributed by atoms with Crippen molar-refractivity contribution in [2.75, 3.05) is 6.54 Å². The van der Waals surface area contributed by atoms with Gasteiger partial charge >= 0.3 is 11.9 Å². The monoisotopic (exact) mass is 794 g/mol. The SMILES string of the molecule is CC(C)C1=C2[C@H]3CC[C@@H]4[C@@]5(C)CC[C@H](OC(=O)CC(C)(C)C(=O)OC(C)(C)C)C(C)(C)[C@H]5CC[C@@]4(C)[C@]3(C)CCC2(C(O)CNCc2ccc(Cl)cc2)CC1=O. The third-order valence-corrected chi connectivity index (χ3v) is 16.7. The maximum Gasteiger partial charge on any atom is 0.312 e. The number of fused-ring (bicyclic) bond motifs is 7. The molecule has 9 atom stereocenters. The standard InChI is InChI=1S/C48H72ClNO6/c1-29(2)39-33(51)25-48(36(52)28-50-27-30-13-15-31(49)16-14-30)24-23-46(11)32(40(39)48)17-18-35-45(10)21-20-37(44(8,9)34(45)19-22-47(35,46)12)55-38(53)26-43(6,7)41(54)56-42(3,4)5/h13-16,29,32,34-37,50,52H,17-28H2,1-12H3/t32-,34-,35-,36?,37+,45+,46-,47-,48?/m1/s1. The molecule has 4 fully saturated rings. The molecule has 1 aromatic rings. The van der Waals surface area contributed by atoms with Gasteiger partial charge in [-0.05, 0) is 149 Å². The Labute approximate surface area is 342 Å². The van der Waals surface area contributed by atoms with Crippen molar-refractivity contribution in [3.05, 3.63) is 46.0 Å². The van der Waals surface area contributed by atoms with Crippen LogP contribution in [0.4, 0.5) is 0 Å². The smallest absolute Gasteiger partial charge is 0.312 e. The fraction of sp³-hybridized carbons (Fsp3) is 0.771. The predicted molar refractivity (Wildman–Crippen MR) is 223 cm³/mol. The molecule has 2 N–H and O–H groups in total. The van der Waals surface area contributed by atoms with Crippen LogP contribution in [-0.4, -0.2) is 47.2 Å². The average molecular weight is 795 g/mol. The van der Waals surface area contributed by atoms with Gasteiger partial charge in [0.1, 0.15) is 11.7 Å². The van der Waals surface area contributed by atoms with Crippen LogP contribution in [0.15, 0.2) is 35.4 Å². The minimum atomic E-state index is -0.977. The van der Waals surface area contributed by atoms with Gasteiger partial charge in [0, 0.05) is 35.4 Å². The van der Waals surface area contributed by atoms with Gasteiger partial charge in [0.25, 0.3) is 0 Å². The minimum Gasteiger partial charge on any atom is -0.462 e. The van der Waals surface area contributed by atoms with Gasteiger partial charge in [-0.25, -0.2) is 0 Å². The quantitative estimate of drug-likeness (QED) is 0.227. The van der Waals surface area contributed by atoms with Crippen molar-refractivity contribution in [2.45, 2.75) is 172 Å². The molecule has 0 aromatic heterocycles. The lowest BCUT2D eigenvalue weighted by atomic mass is 9.33. The van der Waals surface area contributed by atoms with Crippen LogP contribution in [0.5, 0.6) is 0 Å². The van der Waals surface area contributed by atoms with Crippen LogP contribution in [0.3, 0.4) is 0 Å². The summed E-state index contributed by atoms with van der Waals surface area (Å²) in [6.45, 7) is 26.7. The molecular weight excluding hydrogens is 722 g/mol. The molecule has 0 radical (unpaired) electrons. The summed E-state index contributed by atoms with van der Waals surface area (Å²) >= 11 is 6.12. The Kier molecular flexibility index (Phi) is 11.5. The Morgan fingerprint density at radius 3 is 2.18 bits per heavy atom. The van der Waals surface area contributed by atoms with E-state index in [-0.39, 0.29) is 63.7 Å². The summed E-state index contributed by atoms with van der Waals surface area (Å²) in [6.07, 6.45) is 7.45. The number of hydrogen-bond acceptors (Lipinski definition) is 7. The van der Waals surface area contributed by atoms with E-state index in [9.17, 15) is 19.5 Å². The lowest BCUT2D eigenvalue weighted by molar-refractivity contribution is -0.235. The van der Waals surface area contributed by atoms with Gasteiger partial charge in [0.05, 0.1) is 17.9 Å². The minimum absolute atomic E-state index is 0.00928. The molecule has 0 aliphatic heterocycles. The van der Waals surface area contributed by atoms with Gasteiger partial charge in [-0.3, -0.25) is 14.4 Å². The molecule has 0 bridgehead atoms. The Bertz CT molecular complexity index is 1720. The number of ether oxygens (including phenoxy) is 2. The van der Waals surface area contributed by atoms with E-state index in [2.05, 4.69) is 53.8 Å². The maximum atomic E-state index is 14.1. The molecule has 312 valence electrons. The molecular formula is C48H72ClNO6. The molecule has 4 saturated carbocycles. The lowest BCUT2D eigenvalue weighted by Gasteiger charge is -2.72. The van der Waals surface area contributed by atoms with Gasteiger partial charge < -0.3 is 19.9 Å². The highest BCUT2D eigenvalue weighted by atomic mass is 35.5. The normalized spacial score (nSPS) is 35.9. The lowest BCUT2D eigenvalue weighted by Crippen LogP contribution is -2.66. The van der Waals surface area contributed by atoms with Crippen LogP contribution in [-0.2, 0) is 30.4 Å². The first kappa shape index (κ1) is 43.4. The number of carbonyl (C=O) groups excluding carboxylic acids is 3. The van der Waals surface area contributed by atoms with Gasteiger partial charge in [-0.1, -0.05) is 77.8 Å². The Morgan fingerprint density at radius 1 is 0.893 bits per heavy atom. The van der Waals surface area contributed by atoms with Crippen LogP contribution >= 0.6 is 11.6 Å². The number of nitrogens with one attached hydrogen (secondary N) is 1. The third-order valence-electron chi connectivity index (χ3n) is 16.5.